The van der Waals surface area contributed by atoms with Crippen LogP contribution in [0.15, 0.2) is 29.5 Å². The highest BCUT2D eigenvalue weighted by molar-refractivity contribution is 5.88. The summed E-state index contributed by atoms with van der Waals surface area (Å²) >= 11 is 0. The number of methoxy groups -OCH3 is 1. The van der Waals surface area contributed by atoms with Crippen molar-refractivity contribution in [2.75, 3.05) is 31.6 Å². The molecular formula is C14H16N6O2. The molecule has 1 aliphatic rings. The van der Waals surface area contributed by atoms with Crippen LogP contribution in [0.2, 0.25) is 0 Å². The van der Waals surface area contributed by atoms with Crippen LogP contribution < -0.4 is 9.64 Å². The zero-order valence-electron chi connectivity index (χ0n) is 12.1. The number of aromatic nitrogens is 2. The van der Waals surface area contributed by atoms with Gasteiger partial charge < -0.3 is 14.7 Å². The van der Waals surface area contributed by atoms with E-state index in [4.69, 9.17) is 10.3 Å². The lowest BCUT2D eigenvalue weighted by atomic mass is 10.1. The van der Waals surface area contributed by atoms with E-state index in [0.717, 1.165) is 16.7 Å². The summed E-state index contributed by atoms with van der Waals surface area (Å²) in [6, 6.07) is 5.49. The summed E-state index contributed by atoms with van der Waals surface area (Å²) in [7, 11) is 1.57. The van der Waals surface area contributed by atoms with Crippen LogP contribution in [0.3, 0.4) is 0 Å². The summed E-state index contributed by atoms with van der Waals surface area (Å²) in [5.41, 5.74) is 10.8. The molecule has 114 valence electrons. The molecule has 3 rings (SSSR count). The molecule has 2 unspecified atom stereocenters. The van der Waals surface area contributed by atoms with E-state index in [1.54, 1.807) is 19.4 Å². The number of hydrogen-bond donors (Lipinski definition) is 1. The lowest BCUT2D eigenvalue weighted by Crippen LogP contribution is -2.21. The fourth-order valence-electron chi connectivity index (χ4n) is 2.73. The van der Waals surface area contributed by atoms with Crippen LogP contribution in [0.4, 0.5) is 5.69 Å². The molecule has 2 aromatic heterocycles. The molecule has 2 atom stereocenters. The van der Waals surface area contributed by atoms with Gasteiger partial charge in [-0.25, -0.2) is 4.98 Å². The van der Waals surface area contributed by atoms with Gasteiger partial charge in [-0.3, -0.25) is 4.98 Å². The zero-order valence-corrected chi connectivity index (χ0v) is 12.1. The second kappa shape index (κ2) is 6.05. The quantitative estimate of drug-likeness (QED) is 0.526. The van der Waals surface area contributed by atoms with Gasteiger partial charge >= 0.3 is 0 Å². The van der Waals surface area contributed by atoms with E-state index in [0.29, 0.717) is 19.0 Å². The van der Waals surface area contributed by atoms with Crippen molar-refractivity contribution >= 4 is 16.7 Å². The predicted molar refractivity (Wildman–Crippen MR) is 81.8 cm³/mol. The number of fused-ring (bicyclic) bond motifs is 1. The average molecular weight is 300 g/mol. The lowest BCUT2D eigenvalue weighted by Gasteiger charge is -2.19. The predicted octanol–water partition coefficient (Wildman–Crippen LogP) is 1.75. The first-order chi connectivity index (χ1) is 10.7. The largest absolute Gasteiger partial charge is 0.481 e. The van der Waals surface area contributed by atoms with Crippen molar-refractivity contribution in [1.82, 2.24) is 9.97 Å². The monoisotopic (exact) mass is 300 g/mol. The third kappa shape index (κ3) is 2.61. The molecule has 1 aliphatic heterocycles. The van der Waals surface area contributed by atoms with E-state index >= 15 is 0 Å². The topological polar surface area (TPSA) is 107 Å². The molecule has 1 fully saturated rings. The van der Waals surface area contributed by atoms with Crippen LogP contribution in [0.25, 0.3) is 21.5 Å². The zero-order chi connectivity index (χ0) is 15.5. The highest BCUT2D eigenvalue weighted by Gasteiger charge is 2.31. The van der Waals surface area contributed by atoms with E-state index in [9.17, 15) is 5.11 Å². The Morgan fingerprint density at radius 2 is 2.32 bits per heavy atom. The summed E-state index contributed by atoms with van der Waals surface area (Å²) in [6.07, 6.45) is 1.19. The van der Waals surface area contributed by atoms with Gasteiger partial charge in [0.2, 0.25) is 5.88 Å². The molecule has 0 aromatic carbocycles. The average Bonchev–Trinajstić information content (AvgIpc) is 2.92. The number of nitrogens with zero attached hydrogens (tertiary/aromatic N) is 6. The van der Waals surface area contributed by atoms with Gasteiger partial charge in [-0.15, -0.1) is 0 Å². The minimum Gasteiger partial charge on any atom is -0.481 e. The Bertz CT molecular complexity index is 730. The van der Waals surface area contributed by atoms with Gasteiger partial charge in [0.25, 0.3) is 0 Å². The van der Waals surface area contributed by atoms with Gasteiger partial charge in [0, 0.05) is 42.7 Å². The Hall–Kier alpha value is -2.57. The standard InChI is InChI=1S/C14H16N6O2/c1-22-13-3-2-10-14(18-13)11(4-5-16-10)20-7-9(6-17-19-15)12(21)8-20/h2-5,9,12,21H,6-8H2,1H3. The summed E-state index contributed by atoms with van der Waals surface area (Å²) in [5.74, 6) is 0.442. The highest BCUT2D eigenvalue weighted by atomic mass is 16.5. The molecule has 0 amide bonds. The maximum atomic E-state index is 10.1. The lowest BCUT2D eigenvalue weighted by molar-refractivity contribution is 0.152. The second-order valence-corrected chi connectivity index (χ2v) is 5.20. The summed E-state index contributed by atoms with van der Waals surface area (Å²) in [4.78, 5) is 13.6. The first-order valence-corrected chi connectivity index (χ1v) is 6.96. The smallest absolute Gasteiger partial charge is 0.213 e. The summed E-state index contributed by atoms with van der Waals surface area (Å²) in [5, 5.41) is 13.7. The first kappa shape index (κ1) is 14.4. The summed E-state index contributed by atoms with van der Waals surface area (Å²) < 4.78 is 5.17. The number of anilines is 1. The van der Waals surface area contributed by atoms with E-state index in [1.165, 1.54) is 0 Å². The number of azide groups is 1. The number of pyridine rings is 2. The minimum atomic E-state index is -0.528. The Balaban J connectivity index is 1.95. The molecule has 1 N–H and O–H groups in total. The van der Waals surface area contributed by atoms with Crippen molar-refractivity contribution in [3.05, 3.63) is 34.8 Å². The van der Waals surface area contributed by atoms with Gasteiger partial charge in [0.15, 0.2) is 0 Å². The molecule has 0 saturated carbocycles. The number of rotatable bonds is 4. The summed E-state index contributed by atoms with van der Waals surface area (Å²) in [6.45, 7) is 1.37. The number of ether oxygens (including phenoxy) is 1. The molecule has 0 radical (unpaired) electrons. The molecular weight excluding hydrogens is 284 g/mol. The van der Waals surface area contributed by atoms with E-state index in [1.807, 2.05) is 17.0 Å². The Morgan fingerprint density at radius 3 is 3.09 bits per heavy atom. The van der Waals surface area contributed by atoms with Crippen molar-refractivity contribution in [1.29, 1.82) is 0 Å². The van der Waals surface area contributed by atoms with E-state index in [2.05, 4.69) is 20.0 Å². The normalized spacial score (nSPS) is 20.9. The van der Waals surface area contributed by atoms with Gasteiger partial charge in [0.1, 0.15) is 5.52 Å². The second-order valence-electron chi connectivity index (χ2n) is 5.20. The van der Waals surface area contributed by atoms with Crippen LogP contribution in [0, 0.1) is 5.92 Å². The number of aliphatic hydroxyl groups excluding tert-OH is 1. The Morgan fingerprint density at radius 1 is 1.45 bits per heavy atom. The van der Waals surface area contributed by atoms with E-state index in [-0.39, 0.29) is 12.5 Å². The minimum absolute atomic E-state index is 0.0790. The molecule has 3 heterocycles. The Labute approximate surface area is 127 Å². The maximum Gasteiger partial charge on any atom is 0.213 e. The molecule has 8 nitrogen and oxygen atoms in total. The SMILES string of the molecule is COc1ccc2nccc(N3CC(O)C(CN=[N+]=[N-])C3)c2n1. The van der Waals surface area contributed by atoms with Crippen LogP contribution in [-0.4, -0.2) is 47.9 Å². The highest BCUT2D eigenvalue weighted by Crippen LogP contribution is 2.30. The number of β-amino-alcohol motifs (C(OH)–C–C–N with tert-alkyl or cyclic N) is 1. The van der Waals surface area contributed by atoms with Crippen LogP contribution in [0.5, 0.6) is 5.88 Å². The van der Waals surface area contributed by atoms with Crippen LogP contribution >= 0.6 is 0 Å². The molecule has 2 aromatic rings. The van der Waals surface area contributed by atoms with Gasteiger partial charge in [-0.05, 0) is 17.7 Å². The molecule has 8 heteroatoms. The van der Waals surface area contributed by atoms with Crippen LogP contribution in [-0.2, 0) is 0 Å². The molecule has 0 aliphatic carbocycles. The van der Waals surface area contributed by atoms with Crippen molar-refractivity contribution in [3.63, 3.8) is 0 Å². The fraction of sp³-hybridized carbons (Fsp3) is 0.429. The van der Waals surface area contributed by atoms with Crippen molar-refractivity contribution in [3.8, 4) is 5.88 Å². The fourth-order valence-corrected chi connectivity index (χ4v) is 2.73. The van der Waals surface area contributed by atoms with Crippen molar-refractivity contribution < 1.29 is 9.84 Å². The van der Waals surface area contributed by atoms with Crippen LogP contribution in [0.1, 0.15) is 0 Å². The molecule has 1 saturated heterocycles. The molecule has 0 spiro atoms. The van der Waals surface area contributed by atoms with Crippen molar-refractivity contribution in [2.24, 2.45) is 11.0 Å². The third-order valence-electron chi connectivity index (χ3n) is 3.87. The number of hydrogen-bond acceptors (Lipinski definition) is 6. The Kier molecular flexibility index (Phi) is 3.95. The number of aliphatic hydroxyl groups is 1. The van der Waals surface area contributed by atoms with Gasteiger partial charge in [0.05, 0.1) is 24.4 Å². The van der Waals surface area contributed by atoms with E-state index < -0.39 is 6.10 Å². The third-order valence-corrected chi connectivity index (χ3v) is 3.87. The van der Waals surface area contributed by atoms with Gasteiger partial charge in [-0.2, -0.15) is 0 Å². The van der Waals surface area contributed by atoms with Crippen molar-refractivity contribution in [2.45, 2.75) is 6.10 Å². The first-order valence-electron chi connectivity index (χ1n) is 6.96. The maximum absolute atomic E-state index is 10.1. The molecule has 0 bridgehead atoms. The molecule has 22 heavy (non-hydrogen) atoms. The van der Waals surface area contributed by atoms with Gasteiger partial charge in [-0.1, -0.05) is 5.11 Å².